The molecule has 0 aliphatic heterocycles. The zero-order valence-corrected chi connectivity index (χ0v) is 15.3. The maximum absolute atomic E-state index is 11.8. The highest BCUT2D eigenvalue weighted by molar-refractivity contribution is 6.34. The molecule has 0 atom stereocenters. The van der Waals surface area contributed by atoms with Gasteiger partial charge < -0.3 is 14.6 Å². The second-order valence-electron chi connectivity index (χ2n) is 5.00. The number of rotatable bonds is 7. The molecule has 0 heterocycles. The van der Waals surface area contributed by atoms with E-state index in [1.807, 2.05) is 0 Å². The number of ether oxygens (including phenoxy) is 2. The average Bonchev–Trinajstić information content (AvgIpc) is 2.63. The smallest absolute Gasteiger partial charge is 0.277 e. The van der Waals surface area contributed by atoms with Crippen LogP contribution < -0.4 is 14.9 Å². The van der Waals surface area contributed by atoms with E-state index in [1.54, 1.807) is 6.07 Å². The minimum absolute atomic E-state index is 0.0137. The summed E-state index contributed by atoms with van der Waals surface area (Å²) >= 11 is 11.7. The molecule has 0 bridgehead atoms. The van der Waals surface area contributed by atoms with Crippen LogP contribution in [0.1, 0.15) is 5.56 Å². The minimum Gasteiger partial charge on any atom is -0.504 e. The quantitative estimate of drug-likeness (QED) is 0.408. The number of methoxy groups -OCH3 is 1. The zero-order chi connectivity index (χ0) is 20.0. The number of halogens is 2. The molecule has 9 nitrogen and oxygen atoms in total. The number of nitrogens with one attached hydrogen (secondary N) is 1. The van der Waals surface area contributed by atoms with Crippen LogP contribution in [0.5, 0.6) is 17.2 Å². The molecular formula is C16H13Cl2N3O6. The summed E-state index contributed by atoms with van der Waals surface area (Å²) in [4.78, 5) is 22.0. The molecule has 2 rings (SSSR count). The molecule has 0 radical (unpaired) electrons. The largest absolute Gasteiger partial charge is 0.504 e. The average molecular weight is 414 g/mol. The fourth-order valence-electron chi connectivity index (χ4n) is 1.91. The predicted molar refractivity (Wildman–Crippen MR) is 99.0 cm³/mol. The van der Waals surface area contributed by atoms with Crippen molar-refractivity contribution < 1.29 is 24.3 Å². The lowest BCUT2D eigenvalue weighted by molar-refractivity contribution is -0.385. The Kier molecular flexibility index (Phi) is 6.80. The van der Waals surface area contributed by atoms with Crippen LogP contribution in [0, 0.1) is 10.1 Å². The van der Waals surface area contributed by atoms with Crippen LogP contribution in [-0.2, 0) is 4.79 Å². The fraction of sp³-hybridized carbons (Fsp3) is 0.125. The number of carbonyl (C=O) groups is 1. The summed E-state index contributed by atoms with van der Waals surface area (Å²) in [6.45, 7) is -0.401. The van der Waals surface area contributed by atoms with Crippen molar-refractivity contribution in [2.75, 3.05) is 13.7 Å². The Morgan fingerprint density at radius 1 is 1.33 bits per heavy atom. The molecule has 11 heteroatoms. The van der Waals surface area contributed by atoms with Crippen LogP contribution >= 0.6 is 23.2 Å². The minimum atomic E-state index is -0.652. The van der Waals surface area contributed by atoms with E-state index in [2.05, 4.69) is 10.5 Å². The third kappa shape index (κ3) is 5.47. The van der Waals surface area contributed by atoms with Gasteiger partial charge in [-0.05, 0) is 12.1 Å². The molecule has 0 spiro atoms. The van der Waals surface area contributed by atoms with E-state index >= 15 is 0 Å². The molecule has 0 saturated carbocycles. The van der Waals surface area contributed by atoms with E-state index in [0.29, 0.717) is 5.02 Å². The normalized spacial score (nSPS) is 10.6. The fourth-order valence-corrected chi connectivity index (χ4v) is 2.25. The van der Waals surface area contributed by atoms with Crippen LogP contribution in [0.25, 0.3) is 0 Å². The summed E-state index contributed by atoms with van der Waals surface area (Å²) in [6.07, 6.45) is 1.04. The molecule has 0 aliphatic carbocycles. The lowest BCUT2D eigenvalue weighted by Crippen LogP contribution is -2.24. The molecule has 142 valence electrons. The number of hydrogen-bond acceptors (Lipinski definition) is 7. The van der Waals surface area contributed by atoms with Crippen molar-refractivity contribution in [1.29, 1.82) is 0 Å². The Labute approximate surface area is 163 Å². The third-order valence-corrected chi connectivity index (χ3v) is 3.71. The van der Waals surface area contributed by atoms with Gasteiger partial charge in [-0.15, -0.1) is 0 Å². The number of nitrogens with zero attached hydrogens (tertiary/aromatic N) is 2. The Balaban J connectivity index is 2.02. The van der Waals surface area contributed by atoms with Crippen LogP contribution in [-0.4, -0.2) is 35.9 Å². The maximum Gasteiger partial charge on any atom is 0.277 e. The number of non-ortho nitro benzene ring substituents is 1. The van der Waals surface area contributed by atoms with E-state index in [-0.39, 0.29) is 33.5 Å². The number of phenols is 1. The highest BCUT2D eigenvalue weighted by Crippen LogP contribution is 2.33. The molecule has 27 heavy (non-hydrogen) atoms. The van der Waals surface area contributed by atoms with Crippen LogP contribution in [0.3, 0.4) is 0 Å². The van der Waals surface area contributed by atoms with Crippen molar-refractivity contribution in [2.45, 2.75) is 0 Å². The topological polar surface area (TPSA) is 123 Å². The van der Waals surface area contributed by atoms with Gasteiger partial charge in [0.15, 0.2) is 18.1 Å². The van der Waals surface area contributed by atoms with E-state index in [1.165, 1.54) is 19.2 Å². The van der Waals surface area contributed by atoms with Crippen molar-refractivity contribution in [1.82, 2.24) is 5.43 Å². The zero-order valence-electron chi connectivity index (χ0n) is 13.8. The van der Waals surface area contributed by atoms with Gasteiger partial charge in [-0.1, -0.05) is 23.2 Å². The van der Waals surface area contributed by atoms with Gasteiger partial charge in [-0.3, -0.25) is 14.9 Å². The Hall–Kier alpha value is -3.04. The van der Waals surface area contributed by atoms with Gasteiger partial charge in [0.2, 0.25) is 0 Å². The van der Waals surface area contributed by atoms with Crippen LogP contribution in [0.4, 0.5) is 5.69 Å². The summed E-state index contributed by atoms with van der Waals surface area (Å²) < 4.78 is 10.1. The lowest BCUT2D eigenvalue weighted by atomic mass is 10.2. The van der Waals surface area contributed by atoms with Crippen molar-refractivity contribution in [3.8, 4) is 17.2 Å². The first-order valence-electron chi connectivity index (χ1n) is 7.27. The summed E-state index contributed by atoms with van der Waals surface area (Å²) in [5, 5.41) is 25.2. The molecule has 2 N–H and O–H groups in total. The van der Waals surface area contributed by atoms with Crippen LogP contribution in [0.15, 0.2) is 35.4 Å². The molecule has 0 saturated heterocycles. The Bertz CT molecular complexity index is 904. The summed E-state index contributed by atoms with van der Waals surface area (Å²) in [7, 11) is 1.25. The van der Waals surface area contributed by atoms with E-state index in [4.69, 9.17) is 32.7 Å². The van der Waals surface area contributed by atoms with Gasteiger partial charge in [0.25, 0.3) is 11.6 Å². The Morgan fingerprint density at radius 2 is 2.07 bits per heavy atom. The number of amides is 1. The monoisotopic (exact) mass is 413 g/mol. The molecule has 0 unspecified atom stereocenters. The highest BCUT2D eigenvalue weighted by Gasteiger charge is 2.16. The molecule has 0 aromatic heterocycles. The molecule has 2 aromatic rings. The summed E-state index contributed by atoms with van der Waals surface area (Å²) in [6, 6.07) is 6.69. The molecule has 2 aromatic carbocycles. The first-order chi connectivity index (χ1) is 12.8. The molecular weight excluding hydrogens is 401 g/mol. The van der Waals surface area contributed by atoms with Gasteiger partial charge in [0.05, 0.1) is 29.3 Å². The molecule has 0 aliphatic rings. The highest BCUT2D eigenvalue weighted by atomic mass is 35.5. The van der Waals surface area contributed by atoms with Gasteiger partial charge >= 0.3 is 0 Å². The van der Waals surface area contributed by atoms with Crippen molar-refractivity contribution in [3.63, 3.8) is 0 Å². The van der Waals surface area contributed by atoms with Gasteiger partial charge in [0, 0.05) is 22.7 Å². The molecule has 1 amide bonds. The predicted octanol–water partition coefficient (Wildman–Crippen LogP) is 3.14. The van der Waals surface area contributed by atoms with Gasteiger partial charge in [-0.25, -0.2) is 5.43 Å². The summed E-state index contributed by atoms with van der Waals surface area (Å²) in [5.41, 5.74) is 1.83. The maximum atomic E-state index is 11.8. The number of hydrogen-bond donors (Lipinski definition) is 2. The first kappa shape index (κ1) is 20.3. The van der Waals surface area contributed by atoms with Crippen molar-refractivity contribution >= 4 is 41.0 Å². The standard InChI is InChI=1S/C16H13Cl2N3O6/c1-26-14-6-11(21(24)25)4-9(16(14)23)7-19-20-15(22)8-27-13-5-10(17)2-3-12(13)18/h2-7,23H,8H2,1H3,(H,20,22). The van der Waals surface area contributed by atoms with Gasteiger partial charge in [-0.2, -0.15) is 5.10 Å². The van der Waals surface area contributed by atoms with E-state index in [9.17, 15) is 20.0 Å². The number of nitro benzene ring substituents is 1. The van der Waals surface area contributed by atoms with E-state index < -0.39 is 17.4 Å². The first-order valence-corrected chi connectivity index (χ1v) is 8.02. The second-order valence-corrected chi connectivity index (χ2v) is 5.84. The van der Waals surface area contributed by atoms with Crippen molar-refractivity contribution in [2.24, 2.45) is 5.10 Å². The number of benzene rings is 2. The number of carbonyl (C=O) groups excluding carboxylic acids is 1. The van der Waals surface area contributed by atoms with E-state index in [0.717, 1.165) is 18.3 Å². The third-order valence-electron chi connectivity index (χ3n) is 3.16. The second kappa shape index (κ2) is 9.06. The lowest BCUT2D eigenvalue weighted by Gasteiger charge is -2.07. The van der Waals surface area contributed by atoms with Crippen molar-refractivity contribution in [3.05, 3.63) is 56.1 Å². The number of phenolic OH excluding ortho intramolecular Hbond substituents is 1. The van der Waals surface area contributed by atoms with Gasteiger partial charge in [0.1, 0.15) is 5.75 Å². The molecule has 0 fully saturated rings. The number of aromatic hydroxyl groups is 1. The summed E-state index contributed by atoms with van der Waals surface area (Å²) in [5.74, 6) is -0.859. The Morgan fingerprint density at radius 3 is 2.74 bits per heavy atom. The number of hydrazone groups is 1. The van der Waals surface area contributed by atoms with Crippen LogP contribution in [0.2, 0.25) is 10.0 Å². The number of nitro groups is 1. The SMILES string of the molecule is COc1cc([N+](=O)[O-])cc(C=NNC(=O)COc2cc(Cl)ccc2Cl)c1O.